The summed E-state index contributed by atoms with van der Waals surface area (Å²) in [5.74, 6) is -0.754. The van der Waals surface area contributed by atoms with Gasteiger partial charge >= 0.3 is 0 Å². The van der Waals surface area contributed by atoms with E-state index >= 15 is 0 Å². The summed E-state index contributed by atoms with van der Waals surface area (Å²) in [4.78, 5) is 24.3. The van der Waals surface area contributed by atoms with Crippen molar-refractivity contribution in [1.82, 2.24) is 9.36 Å². The standard InChI is InChI=1S/C14H17N5O3/c1-9-13(16-12(20)8-11(15)17-22)14(21)19(18(9)2)10-6-4-3-5-7-10/h3-7,22H,8H2,1-2H3,(H2,15,17)(H,16,20). The molecule has 0 atom stereocenters. The molecule has 4 N–H and O–H groups in total. The lowest BCUT2D eigenvalue weighted by molar-refractivity contribution is -0.115. The molecule has 22 heavy (non-hydrogen) atoms. The number of carbonyl (C=O) groups excluding carboxylic acids is 1. The van der Waals surface area contributed by atoms with Gasteiger partial charge in [-0.3, -0.25) is 14.3 Å². The first-order valence-corrected chi connectivity index (χ1v) is 6.56. The van der Waals surface area contributed by atoms with Crippen LogP contribution in [0.2, 0.25) is 0 Å². The van der Waals surface area contributed by atoms with Gasteiger partial charge in [-0.05, 0) is 19.1 Å². The number of nitrogens with zero attached hydrogens (tertiary/aromatic N) is 3. The molecule has 0 spiro atoms. The number of rotatable bonds is 4. The molecule has 116 valence electrons. The first-order chi connectivity index (χ1) is 10.5. The fourth-order valence-corrected chi connectivity index (χ4v) is 2.10. The Labute approximate surface area is 126 Å². The second-order valence-corrected chi connectivity index (χ2v) is 4.75. The van der Waals surface area contributed by atoms with E-state index in [4.69, 9.17) is 10.9 Å². The third kappa shape index (κ3) is 2.85. The molecule has 0 aliphatic rings. The van der Waals surface area contributed by atoms with E-state index in [1.165, 1.54) is 4.68 Å². The van der Waals surface area contributed by atoms with Crippen molar-refractivity contribution in [3.05, 3.63) is 46.4 Å². The average Bonchev–Trinajstić information content (AvgIpc) is 2.72. The Morgan fingerprint density at radius 2 is 2.00 bits per heavy atom. The first-order valence-electron chi connectivity index (χ1n) is 6.56. The third-order valence-electron chi connectivity index (χ3n) is 3.29. The molecule has 0 radical (unpaired) electrons. The minimum absolute atomic E-state index is 0.169. The third-order valence-corrected chi connectivity index (χ3v) is 3.29. The highest BCUT2D eigenvalue weighted by atomic mass is 16.4. The van der Waals surface area contributed by atoms with Gasteiger partial charge in [0.15, 0.2) is 0 Å². The SMILES string of the molecule is Cc1c(NC(=O)C/C(N)=N\O)c(=O)n(-c2ccccc2)n1C. The predicted molar refractivity (Wildman–Crippen MR) is 82.4 cm³/mol. The molecule has 1 amide bonds. The van der Waals surface area contributed by atoms with Crippen molar-refractivity contribution in [3.8, 4) is 5.69 Å². The Morgan fingerprint density at radius 3 is 2.59 bits per heavy atom. The lowest BCUT2D eigenvalue weighted by Gasteiger charge is -2.07. The summed E-state index contributed by atoms with van der Waals surface area (Å²) in [7, 11) is 1.73. The second kappa shape index (κ2) is 6.17. The number of nitrogens with one attached hydrogen (secondary N) is 1. The lowest BCUT2D eigenvalue weighted by Crippen LogP contribution is -2.26. The van der Waals surface area contributed by atoms with E-state index in [9.17, 15) is 9.59 Å². The van der Waals surface area contributed by atoms with Crippen LogP contribution >= 0.6 is 0 Å². The maximum Gasteiger partial charge on any atom is 0.295 e. The van der Waals surface area contributed by atoms with Gasteiger partial charge in [0.05, 0.1) is 17.8 Å². The van der Waals surface area contributed by atoms with Gasteiger partial charge in [0, 0.05) is 7.05 Å². The molecule has 8 nitrogen and oxygen atoms in total. The van der Waals surface area contributed by atoms with E-state index in [2.05, 4.69) is 10.5 Å². The van der Waals surface area contributed by atoms with Crippen LogP contribution in [-0.2, 0) is 11.8 Å². The van der Waals surface area contributed by atoms with Crippen molar-refractivity contribution in [3.63, 3.8) is 0 Å². The molecule has 0 aliphatic heterocycles. The smallest absolute Gasteiger partial charge is 0.295 e. The molecule has 0 unspecified atom stereocenters. The quantitative estimate of drug-likeness (QED) is 0.331. The molecule has 1 heterocycles. The van der Waals surface area contributed by atoms with Crippen molar-refractivity contribution >= 4 is 17.4 Å². The molecular formula is C14H17N5O3. The van der Waals surface area contributed by atoms with Crippen LogP contribution < -0.4 is 16.6 Å². The number of aromatic nitrogens is 2. The Hall–Kier alpha value is -3.03. The number of carbonyl (C=O) groups is 1. The van der Waals surface area contributed by atoms with Crippen molar-refractivity contribution in [1.29, 1.82) is 0 Å². The average molecular weight is 303 g/mol. The zero-order chi connectivity index (χ0) is 16.3. The molecule has 8 heteroatoms. The van der Waals surface area contributed by atoms with Crippen molar-refractivity contribution in [2.75, 3.05) is 5.32 Å². The molecule has 1 aromatic carbocycles. The molecule has 0 bridgehead atoms. The highest BCUT2D eigenvalue weighted by Gasteiger charge is 2.18. The maximum atomic E-state index is 12.5. The first kappa shape index (κ1) is 15.4. The summed E-state index contributed by atoms with van der Waals surface area (Å²) in [6.45, 7) is 1.72. The number of oxime groups is 1. The summed E-state index contributed by atoms with van der Waals surface area (Å²) in [5.41, 5.74) is 6.39. The van der Waals surface area contributed by atoms with E-state index in [1.54, 1.807) is 30.8 Å². The number of hydrogen-bond acceptors (Lipinski definition) is 4. The minimum atomic E-state index is -0.527. The number of para-hydroxylation sites is 1. The molecule has 2 aromatic rings. The van der Waals surface area contributed by atoms with E-state index in [-0.39, 0.29) is 23.5 Å². The van der Waals surface area contributed by atoms with Crippen LogP contribution in [0.4, 0.5) is 5.69 Å². The number of benzene rings is 1. The van der Waals surface area contributed by atoms with Crippen molar-refractivity contribution in [2.24, 2.45) is 17.9 Å². The van der Waals surface area contributed by atoms with Gasteiger partial charge in [0.2, 0.25) is 5.91 Å². The summed E-state index contributed by atoms with van der Waals surface area (Å²) in [6.07, 6.45) is -0.296. The summed E-state index contributed by atoms with van der Waals surface area (Å²) >= 11 is 0. The number of amides is 1. The molecule has 0 aliphatic carbocycles. The van der Waals surface area contributed by atoms with Crippen LogP contribution in [0.3, 0.4) is 0 Å². The summed E-state index contributed by atoms with van der Waals surface area (Å²) < 4.78 is 3.10. The zero-order valence-electron chi connectivity index (χ0n) is 12.3. The van der Waals surface area contributed by atoms with Gasteiger partial charge in [0.1, 0.15) is 11.5 Å². The monoisotopic (exact) mass is 303 g/mol. The van der Waals surface area contributed by atoms with Gasteiger partial charge in [-0.1, -0.05) is 23.4 Å². The van der Waals surface area contributed by atoms with Crippen molar-refractivity contribution < 1.29 is 10.0 Å². The number of anilines is 1. The van der Waals surface area contributed by atoms with Crippen LogP contribution in [0.5, 0.6) is 0 Å². The molecule has 2 rings (SSSR count). The summed E-state index contributed by atoms with van der Waals surface area (Å²) in [6, 6.07) is 9.08. The highest BCUT2D eigenvalue weighted by Crippen LogP contribution is 2.14. The minimum Gasteiger partial charge on any atom is -0.409 e. The Balaban J connectivity index is 2.39. The zero-order valence-corrected chi connectivity index (χ0v) is 12.3. The van der Waals surface area contributed by atoms with Crippen LogP contribution in [0.1, 0.15) is 12.1 Å². The van der Waals surface area contributed by atoms with E-state index in [0.29, 0.717) is 11.4 Å². The highest BCUT2D eigenvalue weighted by molar-refractivity contribution is 6.04. The van der Waals surface area contributed by atoms with Gasteiger partial charge < -0.3 is 16.3 Å². The van der Waals surface area contributed by atoms with E-state index < -0.39 is 5.91 Å². The van der Waals surface area contributed by atoms with Crippen molar-refractivity contribution in [2.45, 2.75) is 13.3 Å². The van der Waals surface area contributed by atoms with Crippen LogP contribution in [0.15, 0.2) is 40.3 Å². The normalized spacial score (nSPS) is 11.5. The number of amidine groups is 1. The van der Waals surface area contributed by atoms with Crippen LogP contribution in [0, 0.1) is 6.92 Å². The van der Waals surface area contributed by atoms with E-state index in [0.717, 1.165) is 0 Å². The predicted octanol–water partition coefficient (Wildman–Crippen LogP) is 0.559. The van der Waals surface area contributed by atoms with Crippen LogP contribution in [-0.4, -0.2) is 26.3 Å². The van der Waals surface area contributed by atoms with E-state index in [1.807, 2.05) is 18.2 Å². The number of nitrogens with two attached hydrogens (primary N) is 1. The molecule has 0 saturated heterocycles. The molecule has 0 fully saturated rings. The van der Waals surface area contributed by atoms with Crippen LogP contribution in [0.25, 0.3) is 5.69 Å². The fraction of sp³-hybridized carbons (Fsp3) is 0.214. The van der Waals surface area contributed by atoms with Gasteiger partial charge in [-0.15, -0.1) is 0 Å². The topological polar surface area (TPSA) is 115 Å². The number of hydrogen-bond donors (Lipinski definition) is 3. The molecule has 1 aromatic heterocycles. The second-order valence-electron chi connectivity index (χ2n) is 4.75. The van der Waals surface area contributed by atoms with Gasteiger partial charge in [0.25, 0.3) is 5.56 Å². The largest absolute Gasteiger partial charge is 0.409 e. The summed E-state index contributed by atoms with van der Waals surface area (Å²) in [5, 5.41) is 13.7. The Kier molecular flexibility index (Phi) is 4.31. The molecular weight excluding hydrogens is 286 g/mol. The van der Waals surface area contributed by atoms with Gasteiger partial charge in [-0.2, -0.15) is 0 Å². The lowest BCUT2D eigenvalue weighted by atomic mass is 10.3. The fourth-order valence-electron chi connectivity index (χ4n) is 2.10. The maximum absolute atomic E-state index is 12.5. The van der Waals surface area contributed by atoms with Gasteiger partial charge in [-0.25, -0.2) is 4.68 Å². The Bertz CT molecular complexity index is 774. The Morgan fingerprint density at radius 1 is 1.36 bits per heavy atom. The molecule has 0 saturated carbocycles.